The van der Waals surface area contributed by atoms with Crippen LogP contribution in [0.5, 0.6) is 0 Å². The van der Waals surface area contributed by atoms with Gasteiger partial charge in [0.1, 0.15) is 12.4 Å². The number of allylic oxidation sites excluding steroid dienone is 1. The van der Waals surface area contributed by atoms with Crippen molar-refractivity contribution in [3.63, 3.8) is 0 Å². The van der Waals surface area contributed by atoms with Crippen molar-refractivity contribution in [3.05, 3.63) is 47.5 Å². The molecular weight excluding hydrogens is 1400 g/mol. The van der Waals surface area contributed by atoms with Gasteiger partial charge in [0.25, 0.3) is 0 Å². The van der Waals surface area contributed by atoms with E-state index in [-0.39, 0.29) is 42.3 Å². The van der Waals surface area contributed by atoms with E-state index in [1.54, 1.807) is 5.57 Å². The van der Waals surface area contributed by atoms with Gasteiger partial charge < -0.3 is 115 Å². The Labute approximate surface area is 646 Å². The summed E-state index contributed by atoms with van der Waals surface area (Å²) in [7, 11) is 0. The van der Waals surface area contributed by atoms with Gasteiger partial charge in [-0.3, -0.25) is 9.59 Å². The molecule has 3 unspecified atom stereocenters. The number of hydrogen-bond acceptors (Lipinski definition) is 24. The molecule has 3 fully saturated rings. The third-order valence-corrected chi connectivity index (χ3v) is 20.7. The summed E-state index contributed by atoms with van der Waals surface area (Å²) in [6.45, 7) is 30.5. The number of ether oxygens (including phenoxy) is 20. The number of carbonyl (C=O) groups is 4. The number of nitrogens with one attached hydrogen (secondary N) is 3. The summed E-state index contributed by atoms with van der Waals surface area (Å²) < 4.78 is 111. The molecule has 624 valence electrons. The molecular formula is C81H141N3O24. The second kappa shape index (κ2) is 62.5. The van der Waals surface area contributed by atoms with E-state index in [0.717, 1.165) is 60.3 Å². The first kappa shape index (κ1) is 94.7. The maximum absolute atomic E-state index is 12.8. The molecule has 4 aliphatic rings. The van der Waals surface area contributed by atoms with Crippen LogP contribution in [0.15, 0.2) is 42.0 Å². The number of aldehydes is 1. The van der Waals surface area contributed by atoms with Gasteiger partial charge in [0.15, 0.2) is 0 Å². The molecule has 3 saturated carbocycles. The van der Waals surface area contributed by atoms with Crippen molar-refractivity contribution in [2.24, 2.45) is 46.3 Å². The summed E-state index contributed by atoms with van der Waals surface area (Å²) in [5.74, 6) is 4.30. The largest absolute Gasteiger partial charge is 0.446 e. The molecule has 0 radical (unpaired) electrons. The van der Waals surface area contributed by atoms with Crippen molar-refractivity contribution in [1.82, 2.24) is 16.0 Å². The molecule has 1 aromatic rings. The van der Waals surface area contributed by atoms with Gasteiger partial charge in [-0.2, -0.15) is 0 Å². The van der Waals surface area contributed by atoms with Gasteiger partial charge in [-0.25, -0.2) is 4.79 Å². The van der Waals surface area contributed by atoms with Crippen molar-refractivity contribution in [1.29, 1.82) is 0 Å². The van der Waals surface area contributed by atoms with Crippen molar-refractivity contribution in [2.75, 3.05) is 264 Å². The molecule has 5 rings (SSSR count). The van der Waals surface area contributed by atoms with Crippen LogP contribution in [0.1, 0.15) is 124 Å². The topological polar surface area (TPSA) is 289 Å². The van der Waals surface area contributed by atoms with Crippen molar-refractivity contribution in [3.8, 4) is 0 Å². The normalized spacial score (nSPS) is 20.9. The molecule has 9 atom stereocenters. The Bertz CT molecular complexity index is 2410. The van der Waals surface area contributed by atoms with E-state index >= 15 is 0 Å². The monoisotopic (exact) mass is 1540 g/mol. The second-order valence-corrected chi connectivity index (χ2v) is 29.0. The lowest BCUT2D eigenvalue weighted by molar-refractivity contribution is -0.127. The van der Waals surface area contributed by atoms with Crippen LogP contribution in [0.25, 0.3) is 0 Å². The Hall–Kier alpha value is -3.92. The van der Waals surface area contributed by atoms with Crippen LogP contribution in [-0.4, -0.2) is 300 Å². The van der Waals surface area contributed by atoms with Gasteiger partial charge in [0.2, 0.25) is 11.8 Å². The quantitative estimate of drug-likeness (QED) is 0.0314. The summed E-state index contributed by atoms with van der Waals surface area (Å²) in [4.78, 5) is 48.4. The van der Waals surface area contributed by atoms with Crippen LogP contribution in [0.4, 0.5) is 4.79 Å². The van der Waals surface area contributed by atoms with Gasteiger partial charge in [0.05, 0.1) is 257 Å². The fourth-order valence-corrected chi connectivity index (χ4v) is 15.1. The van der Waals surface area contributed by atoms with E-state index in [2.05, 4.69) is 56.6 Å². The molecule has 0 aromatic heterocycles. The maximum atomic E-state index is 12.8. The van der Waals surface area contributed by atoms with E-state index in [4.69, 9.17) is 94.7 Å². The first-order valence-electron chi connectivity index (χ1n) is 40.6. The predicted octanol–water partition coefficient (Wildman–Crippen LogP) is 8.26. The minimum Gasteiger partial charge on any atom is -0.446 e. The summed E-state index contributed by atoms with van der Waals surface area (Å²) in [5.41, 5.74) is 3.22. The van der Waals surface area contributed by atoms with E-state index in [0.29, 0.717) is 282 Å². The van der Waals surface area contributed by atoms with Gasteiger partial charge in [-0.05, 0) is 103 Å². The Balaban J connectivity index is 0.625. The number of carbonyl (C=O) groups excluding carboxylic acids is 4. The number of benzene rings is 1. The summed E-state index contributed by atoms with van der Waals surface area (Å²) in [5, 5.41) is 8.27. The highest BCUT2D eigenvalue weighted by Gasteiger charge is 2.59. The van der Waals surface area contributed by atoms with Gasteiger partial charge in [-0.1, -0.05) is 95.9 Å². The Morgan fingerprint density at radius 3 is 1.21 bits per heavy atom. The smallest absolute Gasteiger partial charge is 0.407 e. The molecule has 0 saturated heterocycles. The number of alkyl carbamates (subject to hydrolysis) is 1. The highest BCUT2D eigenvalue weighted by Crippen LogP contribution is 2.67. The average molecular weight is 1540 g/mol. The van der Waals surface area contributed by atoms with Crippen molar-refractivity contribution in [2.45, 2.75) is 137 Å². The average Bonchev–Trinajstić information content (AvgIpc) is 1.32. The molecule has 4 aliphatic carbocycles. The maximum Gasteiger partial charge on any atom is 0.407 e. The highest BCUT2D eigenvalue weighted by atomic mass is 16.6. The van der Waals surface area contributed by atoms with Crippen LogP contribution >= 0.6 is 0 Å². The number of amides is 3. The molecule has 1 aromatic carbocycles. The second-order valence-electron chi connectivity index (χ2n) is 29.0. The number of fused-ring (bicyclic) bond motifs is 5. The summed E-state index contributed by atoms with van der Waals surface area (Å²) >= 11 is 0. The highest BCUT2D eigenvalue weighted by molar-refractivity contribution is 5.85. The molecule has 3 N–H and O–H groups in total. The van der Waals surface area contributed by atoms with Crippen LogP contribution in [0.2, 0.25) is 0 Å². The minimum atomic E-state index is -0.636. The molecule has 3 amide bonds. The summed E-state index contributed by atoms with van der Waals surface area (Å²) in [6, 6.07) is 8.77. The zero-order valence-corrected chi connectivity index (χ0v) is 66.6. The van der Waals surface area contributed by atoms with Crippen LogP contribution in [-0.2, 0) is 116 Å². The first-order chi connectivity index (χ1) is 52.9. The Morgan fingerprint density at radius 2 is 0.824 bits per heavy atom. The zero-order chi connectivity index (χ0) is 76.9. The standard InChI is InChI=1S/C81H141N3O24/c1-67(2)10-9-11-68(3)74-16-17-75-73-15-14-70-65-72(20-22-80(70,4)76(73)21-23-81(74,75)5)108-79(88)83-25-27-90-29-31-92-33-35-94-37-39-96-41-43-98-45-47-100-49-51-102-53-55-104-57-59-106-61-63-107-62-60-105-58-56-103-54-52-101-50-48-99-46-44-97-42-40-95-38-36-93-34-32-91-30-28-89-26-24-82-77(86)18-19-78(87)84-71(66-85)64-69-12-7-6-8-13-69/h6-8,12-14,66-68,71-76H,9-11,15-65H2,1-5H3,(H,82,86)(H,83,88)(H,84,87)/t68-,71+,72+,73?,74-,75?,76?,80+,81-/m1/s1. The lowest BCUT2D eigenvalue weighted by Gasteiger charge is -2.58. The minimum absolute atomic E-state index is 0.00791. The molecule has 0 spiro atoms. The van der Waals surface area contributed by atoms with Gasteiger partial charge >= 0.3 is 6.09 Å². The Kier molecular flexibility index (Phi) is 54.8. The van der Waals surface area contributed by atoms with E-state index in [1.807, 2.05) is 30.3 Å². The molecule has 27 heteroatoms. The molecule has 108 heavy (non-hydrogen) atoms. The third-order valence-electron chi connectivity index (χ3n) is 20.7. The molecule has 0 bridgehead atoms. The molecule has 27 nitrogen and oxygen atoms in total. The molecule has 0 aliphatic heterocycles. The van der Waals surface area contributed by atoms with Crippen molar-refractivity contribution < 1.29 is 114 Å². The van der Waals surface area contributed by atoms with E-state index in [1.165, 1.54) is 51.4 Å². The zero-order valence-electron chi connectivity index (χ0n) is 66.6. The van der Waals surface area contributed by atoms with Crippen LogP contribution < -0.4 is 16.0 Å². The lowest BCUT2D eigenvalue weighted by Crippen LogP contribution is -2.51. The van der Waals surface area contributed by atoms with Gasteiger partial charge in [-0.15, -0.1) is 0 Å². The van der Waals surface area contributed by atoms with Crippen LogP contribution in [0.3, 0.4) is 0 Å². The fraction of sp³-hybridized carbons (Fsp3) is 0.852. The van der Waals surface area contributed by atoms with E-state index < -0.39 is 6.04 Å². The number of hydrogen-bond donors (Lipinski definition) is 3. The van der Waals surface area contributed by atoms with Crippen molar-refractivity contribution >= 4 is 24.2 Å². The number of rotatable bonds is 73. The predicted molar refractivity (Wildman–Crippen MR) is 407 cm³/mol. The van der Waals surface area contributed by atoms with Gasteiger partial charge in [0, 0.05) is 32.4 Å². The third kappa shape index (κ3) is 43.4. The first-order valence-corrected chi connectivity index (χ1v) is 40.6. The van der Waals surface area contributed by atoms with Crippen LogP contribution in [0, 0.1) is 46.3 Å². The fourth-order valence-electron chi connectivity index (χ4n) is 15.1. The lowest BCUT2D eigenvalue weighted by atomic mass is 9.47. The molecule has 0 heterocycles. The van der Waals surface area contributed by atoms with E-state index in [9.17, 15) is 19.2 Å². The Morgan fingerprint density at radius 1 is 0.444 bits per heavy atom. The summed E-state index contributed by atoms with van der Waals surface area (Å²) in [6.07, 6.45) is 17.1. The SMILES string of the molecule is CC(C)CCC[C@@H](C)[C@H]1CCC2C3CC=C4C[C@@H](OC(=O)NCCOCCOCCOCCOCCOCCOCCOCCOCCOCCOCCOCCOCCOCCOCCOCCOCCOCCOCCOCCNC(=O)CCC(=O)N[C@H](C=O)Cc5ccccc5)CC[C@]4(C)C3CC[C@@]21C.